The van der Waals surface area contributed by atoms with Crippen molar-refractivity contribution in [3.05, 3.63) is 54.1 Å². The van der Waals surface area contributed by atoms with Crippen LogP contribution in [0.15, 0.2) is 53.4 Å². The lowest BCUT2D eigenvalue weighted by molar-refractivity contribution is 0.0219. The van der Waals surface area contributed by atoms with Crippen molar-refractivity contribution < 1.29 is 22.7 Å². The molecule has 0 spiro atoms. The number of hydrogen-bond acceptors (Lipinski definition) is 6. The molecule has 2 aromatic carbocycles. The zero-order valence-electron chi connectivity index (χ0n) is 20.8. The normalized spacial score (nSPS) is 14.9. The second-order valence-electron chi connectivity index (χ2n) is 9.51. The van der Waals surface area contributed by atoms with Crippen LogP contribution in [0.5, 0.6) is 0 Å². The number of amides is 2. The Morgan fingerprint density at radius 3 is 2.23 bits per heavy atom. The minimum atomic E-state index is -3.50. The Balaban J connectivity index is 1.56. The van der Waals surface area contributed by atoms with Crippen molar-refractivity contribution in [3.8, 4) is 0 Å². The number of thioether (sulfide) groups is 1. The Morgan fingerprint density at radius 1 is 1.06 bits per heavy atom. The SMILES string of the molecule is CN(c1ccccc1C(=O)Nc1ccc(SC2CCN(C(=O)OC(C)(C)C)CC2)cc1)S(C)(=O)=O. The molecule has 1 saturated heterocycles. The maximum Gasteiger partial charge on any atom is 0.410 e. The number of nitrogens with one attached hydrogen (secondary N) is 1. The molecule has 1 aliphatic heterocycles. The van der Waals surface area contributed by atoms with E-state index in [-0.39, 0.29) is 17.6 Å². The lowest BCUT2D eigenvalue weighted by atomic mass is 10.1. The van der Waals surface area contributed by atoms with Crippen LogP contribution in [0.4, 0.5) is 16.2 Å². The van der Waals surface area contributed by atoms with Crippen molar-refractivity contribution in [2.45, 2.75) is 49.4 Å². The highest BCUT2D eigenvalue weighted by Crippen LogP contribution is 2.32. The standard InChI is InChI=1S/C25H33N3O5S2/c1-25(2,3)33-24(30)28-16-14-20(15-17-28)34-19-12-10-18(11-13-19)26-23(29)21-8-6-7-9-22(21)27(4)35(5,31)32/h6-13,20H,14-17H2,1-5H3,(H,26,29). The van der Waals surface area contributed by atoms with Gasteiger partial charge in [-0.2, -0.15) is 0 Å². The molecule has 10 heteroatoms. The van der Waals surface area contributed by atoms with Gasteiger partial charge in [-0.3, -0.25) is 9.10 Å². The highest BCUT2D eigenvalue weighted by molar-refractivity contribution is 8.00. The molecular weight excluding hydrogens is 486 g/mol. The quantitative estimate of drug-likeness (QED) is 0.588. The summed E-state index contributed by atoms with van der Waals surface area (Å²) in [5.74, 6) is -0.383. The summed E-state index contributed by atoms with van der Waals surface area (Å²) in [5.41, 5.74) is 0.717. The highest BCUT2D eigenvalue weighted by atomic mass is 32.2. The molecule has 1 fully saturated rings. The van der Waals surface area contributed by atoms with Crippen molar-refractivity contribution in [2.24, 2.45) is 0 Å². The fraction of sp³-hybridized carbons (Fsp3) is 0.440. The molecule has 1 heterocycles. The number of carbonyl (C=O) groups is 2. The molecule has 1 N–H and O–H groups in total. The third kappa shape index (κ3) is 7.63. The van der Waals surface area contributed by atoms with Crippen molar-refractivity contribution in [3.63, 3.8) is 0 Å². The van der Waals surface area contributed by atoms with Gasteiger partial charge in [-0.05, 0) is 70.0 Å². The number of rotatable bonds is 6. The van der Waals surface area contributed by atoms with Crippen LogP contribution in [0, 0.1) is 0 Å². The average molecular weight is 520 g/mol. The Bertz CT molecular complexity index is 1150. The molecule has 0 aromatic heterocycles. The number of para-hydroxylation sites is 1. The number of benzene rings is 2. The average Bonchev–Trinajstić information content (AvgIpc) is 2.78. The van der Waals surface area contributed by atoms with Crippen molar-refractivity contribution in [1.29, 1.82) is 0 Å². The second-order valence-corrected chi connectivity index (χ2v) is 12.9. The van der Waals surface area contributed by atoms with Crippen LogP contribution >= 0.6 is 11.8 Å². The summed E-state index contributed by atoms with van der Waals surface area (Å²) in [7, 11) is -2.08. The van der Waals surface area contributed by atoms with E-state index in [9.17, 15) is 18.0 Å². The Kier molecular flexibility index (Phi) is 8.38. The van der Waals surface area contributed by atoms with Gasteiger partial charge >= 0.3 is 6.09 Å². The molecule has 0 saturated carbocycles. The van der Waals surface area contributed by atoms with Gasteiger partial charge in [-0.25, -0.2) is 13.2 Å². The third-order valence-electron chi connectivity index (χ3n) is 5.49. The minimum absolute atomic E-state index is 0.259. The lowest BCUT2D eigenvalue weighted by Crippen LogP contribution is -2.42. The number of hydrogen-bond donors (Lipinski definition) is 1. The van der Waals surface area contributed by atoms with E-state index in [1.54, 1.807) is 40.9 Å². The van der Waals surface area contributed by atoms with Gasteiger partial charge in [0.05, 0.1) is 17.5 Å². The van der Waals surface area contributed by atoms with Crippen molar-refractivity contribution in [2.75, 3.05) is 36.0 Å². The van der Waals surface area contributed by atoms with Crippen LogP contribution < -0.4 is 9.62 Å². The molecule has 0 radical (unpaired) electrons. The van der Waals surface area contributed by atoms with Crippen LogP contribution in [0.1, 0.15) is 44.0 Å². The van der Waals surface area contributed by atoms with Gasteiger partial charge in [0, 0.05) is 36.0 Å². The molecule has 8 nitrogen and oxygen atoms in total. The zero-order valence-corrected chi connectivity index (χ0v) is 22.4. The summed E-state index contributed by atoms with van der Waals surface area (Å²) in [6, 6.07) is 14.2. The van der Waals surface area contributed by atoms with Gasteiger partial charge in [-0.1, -0.05) is 12.1 Å². The maximum absolute atomic E-state index is 12.9. The number of likely N-dealkylation sites (tertiary alicyclic amines) is 1. The molecule has 2 aromatic rings. The minimum Gasteiger partial charge on any atom is -0.444 e. The molecule has 0 atom stereocenters. The number of sulfonamides is 1. The van der Waals surface area contributed by atoms with Crippen molar-refractivity contribution in [1.82, 2.24) is 4.90 Å². The van der Waals surface area contributed by atoms with Crippen LogP contribution in [0.2, 0.25) is 0 Å². The highest BCUT2D eigenvalue weighted by Gasteiger charge is 2.27. The molecule has 0 bridgehead atoms. The summed E-state index contributed by atoms with van der Waals surface area (Å²) >= 11 is 1.76. The molecular formula is C25H33N3O5S2. The van der Waals surface area contributed by atoms with Gasteiger partial charge in [0.1, 0.15) is 5.60 Å². The van der Waals surface area contributed by atoms with E-state index in [2.05, 4.69) is 5.32 Å². The van der Waals surface area contributed by atoms with E-state index in [1.807, 2.05) is 45.0 Å². The fourth-order valence-corrected chi connectivity index (χ4v) is 5.25. The molecule has 1 aliphatic rings. The smallest absolute Gasteiger partial charge is 0.410 e. The van der Waals surface area contributed by atoms with Gasteiger partial charge < -0.3 is 15.0 Å². The number of ether oxygens (including phenoxy) is 1. The van der Waals surface area contributed by atoms with Crippen LogP contribution in [0.3, 0.4) is 0 Å². The number of carbonyl (C=O) groups excluding carboxylic acids is 2. The largest absolute Gasteiger partial charge is 0.444 e. The first kappa shape index (κ1) is 26.9. The van der Waals surface area contributed by atoms with E-state index in [4.69, 9.17) is 4.74 Å². The van der Waals surface area contributed by atoms with Gasteiger partial charge in [-0.15, -0.1) is 11.8 Å². The predicted molar refractivity (Wildman–Crippen MR) is 141 cm³/mol. The van der Waals surface area contributed by atoms with E-state index >= 15 is 0 Å². The first-order valence-electron chi connectivity index (χ1n) is 11.4. The lowest BCUT2D eigenvalue weighted by Gasteiger charge is -2.33. The van der Waals surface area contributed by atoms with E-state index in [0.717, 1.165) is 28.3 Å². The summed E-state index contributed by atoms with van der Waals surface area (Å²) in [5, 5.41) is 3.24. The number of anilines is 2. The first-order chi connectivity index (χ1) is 16.3. The Labute approximate surface area is 212 Å². The summed E-state index contributed by atoms with van der Waals surface area (Å²) < 4.78 is 30.4. The summed E-state index contributed by atoms with van der Waals surface area (Å²) in [4.78, 5) is 27.9. The van der Waals surface area contributed by atoms with Crippen molar-refractivity contribution >= 4 is 45.2 Å². The summed E-state index contributed by atoms with van der Waals surface area (Å²) in [6.07, 6.45) is 2.60. The number of piperidine rings is 1. The molecule has 190 valence electrons. The Hall–Kier alpha value is -2.72. The molecule has 0 unspecified atom stereocenters. The third-order valence-corrected chi connectivity index (χ3v) is 8.03. The van der Waals surface area contributed by atoms with Crippen LogP contribution in [0.25, 0.3) is 0 Å². The fourth-order valence-electron chi connectivity index (χ4n) is 3.61. The Morgan fingerprint density at radius 2 is 1.66 bits per heavy atom. The van der Waals surface area contributed by atoms with E-state index < -0.39 is 15.6 Å². The zero-order chi connectivity index (χ0) is 25.8. The van der Waals surface area contributed by atoms with E-state index in [0.29, 0.717) is 29.7 Å². The second kappa shape index (κ2) is 10.9. The van der Waals surface area contributed by atoms with Gasteiger partial charge in [0.2, 0.25) is 10.0 Å². The monoisotopic (exact) mass is 519 g/mol. The molecule has 35 heavy (non-hydrogen) atoms. The van der Waals surface area contributed by atoms with Gasteiger partial charge in [0.25, 0.3) is 5.91 Å². The first-order valence-corrected chi connectivity index (χ1v) is 14.2. The van der Waals surface area contributed by atoms with E-state index in [1.165, 1.54) is 7.05 Å². The van der Waals surface area contributed by atoms with Crippen LogP contribution in [-0.4, -0.2) is 62.6 Å². The maximum atomic E-state index is 12.9. The molecule has 0 aliphatic carbocycles. The topological polar surface area (TPSA) is 96.0 Å². The molecule has 3 rings (SSSR count). The number of nitrogens with zero attached hydrogens (tertiary/aromatic N) is 2. The summed E-state index contributed by atoms with van der Waals surface area (Å²) in [6.45, 7) is 6.94. The predicted octanol–water partition coefficient (Wildman–Crippen LogP) is 4.83. The van der Waals surface area contributed by atoms with Crippen LogP contribution in [-0.2, 0) is 14.8 Å². The van der Waals surface area contributed by atoms with Gasteiger partial charge in [0.15, 0.2) is 0 Å². The molecule has 2 amide bonds.